The van der Waals surface area contributed by atoms with Crippen molar-refractivity contribution in [3.05, 3.63) is 35.4 Å². The first-order valence-corrected chi connectivity index (χ1v) is 14.9. The fraction of sp³-hybridized carbons (Fsp3) is 0.630. The van der Waals surface area contributed by atoms with Crippen molar-refractivity contribution in [3.63, 3.8) is 0 Å². The molecule has 1 saturated heterocycles. The van der Waals surface area contributed by atoms with Crippen LogP contribution in [0.2, 0.25) is 18.1 Å². The highest BCUT2D eigenvalue weighted by atomic mass is 28.4. The van der Waals surface area contributed by atoms with E-state index in [1.807, 2.05) is 52.0 Å². The van der Waals surface area contributed by atoms with Gasteiger partial charge in [-0.2, -0.15) is 0 Å². The molecule has 0 unspecified atom stereocenters. The van der Waals surface area contributed by atoms with Crippen molar-refractivity contribution in [3.8, 4) is 12.3 Å². The van der Waals surface area contributed by atoms with Crippen LogP contribution in [0, 0.1) is 17.8 Å². The molecule has 0 aromatic heterocycles. The monoisotopic (exact) mass is 486 g/mol. The molecule has 0 radical (unpaired) electrons. The number of aliphatic hydroxyl groups excluding tert-OH is 1. The van der Waals surface area contributed by atoms with Gasteiger partial charge in [-0.25, -0.2) is 0 Å². The summed E-state index contributed by atoms with van der Waals surface area (Å²) in [6, 6.07) is 6.50. The minimum Gasteiger partial charge on any atom is -0.412 e. The Balaban J connectivity index is 2.25. The fourth-order valence-electron chi connectivity index (χ4n) is 3.76. The number of rotatable bonds is 6. The van der Waals surface area contributed by atoms with Gasteiger partial charge in [0.2, 0.25) is 5.91 Å². The summed E-state index contributed by atoms with van der Waals surface area (Å²) in [5.74, 6) is 1.91. The van der Waals surface area contributed by atoms with Crippen LogP contribution >= 0.6 is 0 Å². The van der Waals surface area contributed by atoms with Gasteiger partial charge < -0.3 is 19.7 Å². The number of hydrogen-bond donors (Lipinski definition) is 2. The van der Waals surface area contributed by atoms with Gasteiger partial charge in [-0.3, -0.25) is 9.59 Å². The first-order chi connectivity index (χ1) is 15.5. The van der Waals surface area contributed by atoms with E-state index in [1.165, 1.54) is 4.90 Å². The molecule has 1 heterocycles. The number of benzene rings is 1. The molecular weight excluding hydrogens is 444 g/mol. The average Bonchev–Trinajstić information content (AvgIpc) is 3.14. The van der Waals surface area contributed by atoms with Crippen LogP contribution in [-0.2, 0) is 14.0 Å². The van der Waals surface area contributed by atoms with Gasteiger partial charge in [0, 0.05) is 18.5 Å². The lowest BCUT2D eigenvalue weighted by atomic mass is 9.88. The Labute approximate surface area is 206 Å². The highest BCUT2D eigenvalue weighted by Gasteiger charge is 2.47. The molecule has 2 rings (SSSR count). The molecule has 2 amide bonds. The number of amides is 2. The van der Waals surface area contributed by atoms with Crippen molar-refractivity contribution in [2.45, 2.75) is 97.3 Å². The quantitative estimate of drug-likeness (QED) is 0.466. The molecule has 1 aliphatic rings. The molecule has 34 heavy (non-hydrogen) atoms. The van der Waals surface area contributed by atoms with Gasteiger partial charge in [0.1, 0.15) is 12.1 Å². The van der Waals surface area contributed by atoms with E-state index in [2.05, 4.69) is 45.1 Å². The van der Waals surface area contributed by atoms with Crippen LogP contribution < -0.4 is 5.32 Å². The van der Waals surface area contributed by atoms with E-state index in [1.54, 1.807) is 0 Å². The Bertz CT molecular complexity index is 922. The highest BCUT2D eigenvalue weighted by molar-refractivity contribution is 6.74. The van der Waals surface area contributed by atoms with Crippen molar-refractivity contribution >= 4 is 20.1 Å². The van der Waals surface area contributed by atoms with Gasteiger partial charge in [0.15, 0.2) is 8.32 Å². The summed E-state index contributed by atoms with van der Waals surface area (Å²) in [6.07, 6.45) is 4.38. The van der Waals surface area contributed by atoms with E-state index in [0.717, 1.165) is 11.1 Å². The first kappa shape index (κ1) is 28.1. The molecule has 2 N–H and O–H groups in total. The zero-order valence-corrected chi connectivity index (χ0v) is 23.2. The first-order valence-electron chi connectivity index (χ1n) is 12.0. The zero-order chi connectivity index (χ0) is 26.1. The summed E-state index contributed by atoms with van der Waals surface area (Å²) in [4.78, 5) is 28.2. The zero-order valence-electron chi connectivity index (χ0n) is 22.2. The van der Waals surface area contributed by atoms with Crippen molar-refractivity contribution < 1.29 is 19.1 Å². The summed E-state index contributed by atoms with van der Waals surface area (Å²) in [7, 11) is -2.10. The topological polar surface area (TPSA) is 78.9 Å². The molecule has 7 heteroatoms. The van der Waals surface area contributed by atoms with E-state index >= 15 is 0 Å². The molecule has 1 aromatic carbocycles. The van der Waals surface area contributed by atoms with Gasteiger partial charge in [-0.1, -0.05) is 59.6 Å². The Morgan fingerprint density at radius 2 is 1.74 bits per heavy atom. The van der Waals surface area contributed by atoms with Crippen molar-refractivity contribution in [1.29, 1.82) is 0 Å². The predicted molar refractivity (Wildman–Crippen MR) is 139 cm³/mol. The van der Waals surface area contributed by atoms with E-state index in [9.17, 15) is 14.7 Å². The summed E-state index contributed by atoms with van der Waals surface area (Å²) in [5, 5.41) is 13.7. The largest absolute Gasteiger partial charge is 0.412 e. The predicted octanol–water partition coefficient (Wildman–Crippen LogP) is 4.24. The maximum Gasteiger partial charge on any atom is 0.252 e. The normalized spacial score (nSPS) is 21.0. The summed E-state index contributed by atoms with van der Waals surface area (Å²) in [6.45, 7) is 18.5. The SMILES string of the molecule is C#Cc1ccc([C@H](C)NC(=O)[C@@H]2C[C@@H](O[Si](C)(C)C(C)(C)C)CN2C(=O)[C@@H](O)C(C)(C)C)cc1. The van der Waals surface area contributed by atoms with Crippen LogP contribution in [0.1, 0.15) is 72.1 Å². The Kier molecular flexibility index (Phi) is 8.45. The molecule has 1 aromatic rings. The molecule has 1 fully saturated rings. The standard InChI is InChI=1S/C27H42N2O4Si/c1-11-19-12-14-20(15-13-19)18(2)28-24(31)22-16-21(33-34(9,10)27(6,7)8)17-29(22)25(32)23(30)26(3,4)5/h1,12-15,18,21-23,30H,16-17H2,2-10H3,(H,28,31)/t18-,21+,22-,23+/m0/s1. The van der Waals surface area contributed by atoms with Gasteiger partial charge in [-0.05, 0) is 48.2 Å². The number of terminal acetylenes is 1. The molecule has 188 valence electrons. The van der Waals surface area contributed by atoms with Crippen LogP contribution in [-0.4, -0.2) is 54.9 Å². The molecule has 0 aliphatic carbocycles. The number of likely N-dealkylation sites (tertiary alicyclic amines) is 1. The molecule has 0 bridgehead atoms. The van der Waals surface area contributed by atoms with Crippen molar-refractivity contribution in [2.24, 2.45) is 5.41 Å². The van der Waals surface area contributed by atoms with Gasteiger partial charge >= 0.3 is 0 Å². The summed E-state index contributed by atoms with van der Waals surface area (Å²) < 4.78 is 6.57. The number of nitrogens with one attached hydrogen (secondary N) is 1. The van der Waals surface area contributed by atoms with Crippen molar-refractivity contribution in [1.82, 2.24) is 10.2 Å². The Morgan fingerprint density at radius 1 is 1.18 bits per heavy atom. The minimum absolute atomic E-state index is 0.00612. The average molecular weight is 487 g/mol. The van der Waals surface area contributed by atoms with Crippen LogP contribution in [0.5, 0.6) is 0 Å². The van der Waals surface area contributed by atoms with Crippen LogP contribution in [0.15, 0.2) is 24.3 Å². The van der Waals surface area contributed by atoms with Crippen molar-refractivity contribution in [2.75, 3.05) is 6.54 Å². The number of hydrogen-bond acceptors (Lipinski definition) is 4. The molecule has 4 atom stereocenters. The number of carbonyl (C=O) groups excluding carboxylic acids is 2. The molecule has 1 aliphatic heterocycles. The highest BCUT2D eigenvalue weighted by Crippen LogP contribution is 2.39. The molecule has 6 nitrogen and oxygen atoms in total. The van der Waals surface area contributed by atoms with Gasteiger partial charge in [0.05, 0.1) is 12.1 Å². The fourth-order valence-corrected chi connectivity index (χ4v) is 5.11. The lowest BCUT2D eigenvalue weighted by Crippen LogP contribution is -2.52. The lowest BCUT2D eigenvalue weighted by Gasteiger charge is -2.38. The molecule has 0 spiro atoms. The third-order valence-electron chi connectivity index (χ3n) is 7.11. The molecule has 0 saturated carbocycles. The molecular formula is C27H42N2O4Si. The van der Waals surface area contributed by atoms with E-state index in [0.29, 0.717) is 13.0 Å². The third kappa shape index (κ3) is 6.50. The second kappa shape index (κ2) is 10.2. The van der Waals surface area contributed by atoms with Gasteiger partial charge in [0.25, 0.3) is 5.91 Å². The smallest absolute Gasteiger partial charge is 0.252 e. The van der Waals surface area contributed by atoms with E-state index in [4.69, 9.17) is 10.8 Å². The Hall–Kier alpha value is -2.14. The second-order valence-corrected chi connectivity index (χ2v) is 16.8. The maximum absolute atomic E-state index is 13.4. The Morgan fingerprint density at radius 3 is 2.21 bits per heavy atom. The number of aliphatic hydroxyl groups is 1. The van der Waals surface area contributed by atoms with E-state index in [-0.39, 0.29) is 23.1 Å². The van der Waals surface area contributed by atoms with Crippen LogP contribution in [0.4, 0.5) is 0 Å². The summed E-state index contributed by atoms with van der Waals surface area (Å²) >= 11 is 0. The van der Waals surface area contributed by atoms with Gasteiger partial charge in [-0.15, -0.1) is 6.42 Å². The number of carbonyl (C=O) groups is 2. The minimum atomic E-state index is -2.10. The summed E-state index contributed by atoms with van der Waals surface area (Å²) in [5.41, 5.74) is 1.06. The number of nitrogens with zero attached hydrogens (tertiary/aromatic N) is 1. The lowest BCUT2D eigenvalue weighted by molar-refractivity contribution is -0.150. The van der Waals surface area contributed by atoms with Crippen LogP contribution in [0.25, 0.3) is 0 Å². The maximum atomic E-state index is 13.4. The third-order valence-corrected chi connectivity index (χ3v) is 11.6. The van der Waals surface area contributed by atoms with E-state index < -0.39 is 31.8 Å². The van der Waals surface area contributed by atoms with Crippen LogP contribution in [0.3, 0.4) is 0 Å². The second-order valence-electron chi connectivity index (χ2n) is 12.0.